The standard InChI is InChI=1S/C10H21NO6S2/c1-17-8-9(2-5-12)11-19(15,16)10-3-6-18(13,14)7-4-10/h9-12H,2-8H2,1H3. The second kappa shape index (κ2) is 6.98. The molecule has 0 spiro atoms. The molecular weight excluding hydrogens is 294 g/mol. The fraction of sp³-hybridized carbons (Fsp3) is 1.00. The highest BCUT2D eigenvalue weighted by atomic mass is 32.2. The molecule has 19 heavy (non-hydrogen) atoms. The number of nitrogens with one attached hydrogen (secondary N) is 1. The van der Waals surface area contributed by atoms with Crippen molar-refractivity contribution in [3.8, 4) is 0 Å². The molecule has 0 amide bonds. The maximum absolute atomic E-state index is 12.1. The smallest absolute Gasteiger partial charge is 0.214 e. The van der Waals surface area contributed by atoms with Crippen molar-refractivity contribution >= 4 is 19.9 Å². The minimum Gasteiger partial charge on any atom is -0.396 e. The minimum absolute atomic E-state index is 0.0898. The number of methoxy groups -OCH3 is 1. The van der Waals surface area contributed by atoms with E-state index in [0.29, 0.717) is 0 Å². The number of aliphatic hydroxyl groups excluding tert-OH is 1. The van der Waals surface area contributed by atoms with Gasteiger partial charge in [-0.1, -0.05) is 0 Å². The number of rotatable bonds is 7. The van der Waals surface area contributed by atoms with Crippen LogP contribution in [0.2, 0.25) is 0 Å². The zero-order chi connectivity index (χ0) is 14.5. The highest BCUT2D eigenvalue weighted by Gasteiger charge is 2.33. The lowest BCUT2D eigenvalue weighted by molar-refractivity contribution is 0.157. The van der Waals surface area contributed by atoms with E-state index in [4.69, 9.17) is 9.84 Å². The predicted molar refractivity (Wildman–Crippen MR) is 71.1 cm³/mol. The summed E-state index contributed by atoms with van der Waals surface area (Å²) in [5.74, 6) is -0.180. The average molecular weight is 315 g/mol. The van der Waals surface area contributed by atoms with Crippen molar-refractivity contribution in [3.63, 3.8) is 0 Å². The molecule has 7 nitrogen and oxygen atoms in total. The van der Waals surface area contributed by atoms with Crippen LogP contribution in [0.5, 0.6) is 0 Å². The molecule has 1 aliphatic rings. The highest BCUT2D eigenvalue weighted by Crippen LogP contribution is 2.19. The van der Waals surface area contributed by atoms with E-state index in [2.05, 4.69) is 4.72 Å². The van der Waals surface area contributed by atoms with Gasteiger partial charge in [-0.3, -0.25) is 0 Å². The van der Waals surface area contributed by atoms with Gasteiger partial charge < -0.3 is 9.84 Å². The summed E-state index contributed by atoms with van der Waals surface area (Å²) in [6.45, 7) is 0.0282. The fourth-order valence-corrected chi connectivity index (χ4v) is 5.53. The number of hydrogen-bond acceptors (Lipinski definition) is 6. The summed E-state index contributed by atoms with van der Waals surface area (Å²) >= 11 is 0. The number of ether oxygens (including phenoxy) is 1. The van der Waals surface area contributed by atoms with Gasteiger partial charge in [0, 0.05) is 19.8 Å². The van der Waals surface area contributed by atoms with E-state index in [1.165, 1.54) is 7.11 Å². The molecule has 1 fully saturated rings. The molecule has 0 aromatic carbocycles. The second-order valence-electron chi connectivity index (χ2n) is 4.68. The number of sulfone groups is 1. The third-order valence-electron chi connectivity index (χ3n) is 3.12. The maximum Gasteiger partial charge on any atom is 0.214 e. The van der Waals surface area contributed by atoms with Gasteiger partial charge in [-0.15, -0.1) is 0 Å². The molecule has 0 saturated carbocycles. The predicted octanol–water partition coefficient (Wildman–Crippen LogP) is -1.12. The van der Waals surface area contributed by atoms with E-state index < -0.39 is 31.2 Å². The molecule has 1 saturated heterocycles. The Morgan fingerprint density at radius 3 is 2.42 bits per heavy atom. The van der Waals surface area contributed by atoms with Gasteiger partial charge in [0.2, 0.25) is 10.0 Å². The van der Waals surface area contributed by atoms with Crippen molar-refractivity contribution in [3.05, 3.63) is 0 Å². The van der Waals surface area contributed by atoms with Gasteiger partial charge in [0.25, 0.3) is 0 Å². The molecule has 1 aliphatic heterocycles. The fourth-order valence-electron chi connectivity index (χ4n) is 2.04. The van der Waals surface area contributed by atoms with Crippen LogP contribution < -0.4 is 4.72 Å². The number of hydrogen-bond donors (Lipinski definition) is 2. The van der Waals surface area contributed by atoms with Crippen LogP contribution in [0.4, 0.5) is 0 Å². The van der Waals surface area contributed by atoms with Crippen molar-refractivity contribution in [2.75, 3.05) is 31.8 Å². The SMILES string of the molecule is COCC(CCO)NS(=O)(=O)C1CCS(=O)(=O)CC1. The lowest BCUT2D eigenvalue weighted by Crippen LogP contribution is -2.46. The first-order chi connectivity index (χ1) is 8.80. The summed E-state index contributed by atoms with van der Waals surface area (Å²) in [5, 5.41) is 8.18. The summed E-state index contributed by atoms with van der Waals surface area (Å²) in [7, 11) is -5.21. The zero-order valence-corrected chi connectivity index (χ0v) is 12.5. The van der Waals surface area contributed by atoms with Gasteiger partial charge in [-0.2, -0.15) is 0 Å². The maximum atomic E-state index is 12.1. The average Bonchev–Trinajstić information content (AvgIpc) is 2.28. The molecule has 1 unspecified atom stereocenters. The van der Waals surface area contributed by atoms with E-state index in [0.717, 1.165) is 0 Å². The number of aliphatic hydroxyl groups is 1. The molecule has 0 aromatic heterocycles. The molecule has 1 atom stereocenters. The third-order valence-corrected chi connectivity index (χ3v) is 6.84. The molecule has 114 valence electrons. The molecule has 1 rings (SSSR count). The Labute approximate surface area is 114 Å². The van der Waals surface area contributed by atoms with Crippen LogP contribution in [0.1, 0.15) is 19.3 Å². The van der Waals surface area contributed by atoms with E-state index in [-0.39, 0.29) is 44.0 Å². The zero-order valence-electron chi connectivity index (χ0n) is 10.9. The molecular formula is C10H21NO6S2. The van der Waals surface area contributed by atoms with Gasteiger partial charge in [0.15, 0.2) is 0 Å². The number of sulfonamides is 1. The molecule has 0 bridgehead atoms. The Balaban J connectivity index is 2.65. The highest BCUT2D eigenvalue weighted by molar-refractivity contribution is 7.92. The Bertz CT molecular complexity index is 452. The van der Waals surface area contributed by atoms with E-state index in [9.17, 15) is 16.8 Å². The normalized spacial score (nSPS) is 22.2. The van der Waals surface area contributed by atoms with Crippen LogP contribution in [0.25, 0.3) is 0 Å². The lowest BCUT2D eigenvalue weighted by Gasteiger charge is -2.25. The largest absolute Gasteiger partial charge is 0.396 e. The van der Waals surface area contributed by atoms with Crippen molar-refractivity contribution in [1.82, 2.24) is 4.72 Å². The van der Waals surface area contributed by atoms with Crippen LogP contribution in [-0.4, -0.2) is 65.1 Å². The quantitative estimate of drug-likeness (QED) is 0.616. The van der Waals surface area contributed by atoms with Crippen molar-refractivity contribution in [1.29, 1.82) is 0 Å². The molecule has 0 aromatic rings. The summed E-state index contributed by atoms with van der Waals surface area (Å²) in [4.78, 5) is 0. The second-order valence-corrected chi connectivity index (χ2v) is 8.97. The molecule has 0 aliphatic carbocycles. The molecule has 2 N–H and O–H groups in total. The molecule has 9 heteroatoms. The van der Waals surface area contributed by atoms with Gasteiger partial charge in [-0.05, 0) is 19.3 Å². The molecule has 1 heterocycles. The van der Waals surface area contributed by atoms with E-state index >= 15 is 0 Å². The summed E-state index contributed by atoms with van der Waals surface area (Å²) < 4.78 is 54.2. The van der Waals surface area contributed by atoms with Crippen LogP contribution in [0.3, 0.4) is 0 Å². The van der Waals surface area contributed by atoms with Gasteiger partial charge in [0.1, 0.15) is 9.84 Å². The summed E-state index contributed by atoms with van der Waals surface area (Å²) in [6, 6.07) is -0.487. The summed E-state index contributed by atoms with van der Waals surface area (Å²) in [5.41, 5.74) is 0. The van der Waals surface area contributed by atoms with Crippen molar-refractivity contribution in [2.24, 2.45) is 0 Å². The first kappa shape index (κ1) is 16.8. The Kier molecular flexibility index (Phi) is 6.18. The van der Waals surface area contributed by atoms with Crippen LogP contribution in [0.15, 0.2) is 0 Å². The lowest BCUT2D eigenvalue weighted by atomic mass is 10.2. The van der Waals surface area contributed by atoms with Crippen LogP contribution in [0, 0.1) is 0 Å². The van der Waals surface area contributed by atoms with Crippen LogP contribution >= 0.6 is 0 Å². The van der Waals surface area contributed by atoms with Crippen molar-refractivity contribution in [2.45, 2.75) is 30.6 Å². The topological polar surface area (TPSA) is 110 Å². The third kappa shape index (κ3) is 5.35. The monoisotopic (exact) mass is 315 g/mol. The minimum atomic E-state index is -3.58. The van der Waals surface area contributed by atoms with Gasteiger partial charge >= 0.3 is 0 Å². The Morgan fingerprint density at radius 2 is 1.95 bits per heavy atom. The van der Waals surface area contributed by atoms with Gasteiger partial charge in [-0.25, -0.2) is 21.6 Å². The first-order valence-electron chi connectivity index (χ1n) is 6.12. The Morgan fingerprint density at radius 1 is 1.37 bits per heavy atom. The molecule has 0 radical (unpaired) electrons. The van der Waals surface area contributed by atoms with E-state index in [1.54, 1.807) is 0 Å². The first-order valence-corrected chi connectivity index (χ1v) is 9.49. The van der Waals surface area contributed by atoms with Crippen LogP contribution in [-0.2, 0) is 24.6 Å². The van der Waals surface area contributed by atoms with Crippen molar-refractivity contribution < 1.29 is 26.7 Å². The Hall–Kier alpha value is -0.220. The summed E-state index contributed by atoms with van der Waals surface area (Å²) in [6.07, 6.45) is 0.505. The van der Waals surface area contributed by atoms with Gasteiger partial charge in [0.05, 0.1) is 23.4 Å². The van der Waals surface area contributed by atoms with E-state index in [1.807, 2.05) is 0 Å².